The van der Waals surface area contributed by atoms with E-state index in [1.165, 1.54) is 11.4 Å². The molecule has 1 fully saturated rings. The number of rotatable bonds is 8. The first-order valence-corrected chi connectivity index (χ1v) is 12.4. The summed E-state index contributed by atoms with van der Waals surface area (Å²) in [6, 6.07) is 6.62. The Kier molecular flexibility index (Phi) is 8.16. The van der Waals surface area contributed by atoms with E-state index in [1.807, 2.05) is 19.1 Å². The average Bonchev–Trinajstić information content (AvgIpc) is 2.67. The molecule has 0 spiro atoms. The first-order chi connectivity index (χ1) is 14.3. The van der Waals surface area contributed by atoms with Crippen LogP contribution >= 0.6 is 11.6 Å². The molecular weight excluding hydrogens is 440 g/mol. The second-order valence-electron chi connectivity index (χ2n) is 9.14. The summed E-state index contributed by atoms with van der Waals surface area (Å²) >= 11 is 6.03. The van der Waals surface area contributed by atoms with Gasteiger partial charge in [0.15, 0.2) is 0 Å². The third-order valence-electron chi connectivity index (χ3n) is 5.92. The normalized spacial score (nSPS) is 21.4. The molecule has 1 aliphatic heterocycles. The van der Waals surface area contributed by atoms with Crippen molar-refractivity contribution >= 4 is 33.5 Å². The number of likely N-dealkylation sites (tertiary alicyclic amines) is 1. The first-order valence-electron chi connectivity index (χ1n) is 10.5. The van der Waals surface area contributed by atoms with Crippen LogP contribution < -0.4 is 0 Å². The summed E-state index contributed by atoms with van der Waals surface area (Å²) in [5.74, 6) is -1.86. The zero-order chi connectivity index (χ0) is 23.6. The maximum absolute atomic E-state index is 13.4. The molecule has 0 aromatic heterocycles. The van der Waals surface area contributed by atoms with Gasteiger partial charge in [0.05, 0.1) is 17.2 Å². The minimum absolute atomic E-state index is 0.145. The monoisotopic (exact) mass is 472 g/mol. The minimum atomic E-state index is -3.57. The summed E-state index contributed by atoms with van der Waals surface area (Å²) in [4.78, 5) is 26.4. The van der Waals surface area contributed by atoms with E-state index in [9.17, 15) is 23.1 Å². The molecule has 7 nitrogen and oxygen atoms in total. The summed E-state index contributed by atoms with van der Waals surface area (Å²) in [7, 11) is -2.04. The number of benzene rings is 1. The van der Waals surface area contributed by atoms with Crippen LogP contribution in [0.4, 0.5) is 0 Å². The average molecular weight is 473 g/mol. The Balaban J connectivity index is 2.41. The van der Waals surface area contributed by atoms with E-state index in [-0.39, 0.29) is 31.0 Å². The molecule has 1 aromatic carbocycles. The Morgan fingerprint density at radius 2 is 1.84 bits per heavy atom. The van der Waals surface area contributed by atoms with Crippen molar-refractivity contribution in [3.05, 3.63) is 34.9 Å². The summed E-state index contributed by atoms with van der Waals surface area (Å²) in [5, 5.41) is 9.83. The van der Waals surface area contributed by atoms with E-state index in [1.54, 1.807) is 37.8 Å². The van der Waals surface area contributed by atoms with Crippen LogP contribution in [0.15, 0.2) is 24.3 Å². The Labute approximate surface area is 190 Å². The lowest BCUT2D eigenvalue weighted by atomic mass is 9.85. The van der Waals surface area contributed by atoms with Gasteiger partial charge in [0.1, 0.15) is 0 Å². The molecule has 1 N–H and O–H groups in total. The van der Waals surface area contributed by atoms with Crippen molar-refractivity contribution in [1.82, 2.24) is 9.21 Å². The number of hydrogen-bond acceptors (Lipinski definition) is 4. The number of sulfonamides is 1. The molecule has 1 aromatic rings. The molecule has 1 aliphatic rings. The van der Waals surface area contributed by atoms with Crippen LogP contribution in [0, 0.1) is 5.92 Å². The number of carboxylic acid groups (broad SMARTS) is 1. The number of aliphatic carboxylic acids is 1. The highest BCUT2D eigenvalue weighted by atomic mass is 35.5. The summed E-state index contributed by atoms with van der Waals surface area (Å²) < 4.78 is 26.1. The van der Waals surface area contributed by atoms with Crippen LogP contribution in [0.1, 0.15) is 65.0 Å². The van der Waals surface area contributed by atoms with Crippen molar-refractivity contribution in [3.8, 4) is 0 Å². The molecule has 1 amide bonds. The van der Waals surface area contributed by atoms with Crippen molar-refractivity contribution in [2.45, 2.75) is 70.2 Å². The van der Waals surface area contributed by atoms with Crippen molar-refractivity contribution < 1.29 is 23.1 Å². The minimum Gasteiger partial charge on any atom is -0.481 e. The van der Waals surface area contributed by atoms with Crippen molar-refractivity contribution in [2.75, 3.05) is 13.6 Å². The summed E-state index contributed by atoms with van der Waals surface area (Å²) in [5.41, 5.74) is 0.909. The van der Waals surface area contributed by atoms with Gasteiger partial charge in [-0.2, -0.15) is 0 Å². The molecule has 0 bridgehead atoms. The quantitative estimate of drug-likeness (QED) is 0.618. The fraction of sp³-hybridized carbons (Fsp3) is 0.636. The smallest absolute Gasteiger partial charge is 0.304 e. The molecular formula is C22H33ClN2O5S. The van der Waals surface area contributed by atoms with E-state index in [0.29, 0.717) is 24.3 Å². The molecule has 0 saturated carbocycles. The molecule has 31 heavy (non-hydrogen) atoms. The molecule has 3 atom stereocenters. The lowest BCUT2D eigenvalue weighted by molar-refractivity contribution is -0.151. The van der Waals surface area contributed by atoms with E-state index < -0.39 is 26.7 Å². The Morgan fingerprint density at radius 1 is 1.26 bits per heavy atom. The van der Waals surface area contributed by atoms with Crippen LogP contribution in [0.25, 0.3) is 0 Å². The number of halogens is 1. The molecule has 0 radical (unpaired) electrons. The molecule has 1 saturated heterocycles. The zero-order valence-electron chi connectivity index (χ0n) is 18.8. The Bertz CT molecular complexity index is 895. The highest BCUT2D eigenvalue weighted by Gasteiger charge is 2.42. The molecule has 0 aliphatic carbocycles. The number of carbonyl (C=O) groups excluding carboxylic acids is 1. The largest absolute Gasteiger partial charge is 0.481 e. The predicted molar refractivity (Wildman–Crippen MR) is 121 cm³/mol. The fourth-order valence-corrected chi connectivity index (χ4v) is 5.54. The van der Waals surface area contributed by atoms with E-state index in [4.69, 9.17) is 11.6 Å². The number of likely N-dealkylation sites (N-methyl/N-ethyl adjacent to an activating group) is 1. The van der Waals surface area contributed by atoms with Gasteiger partial charge in [0, 0.05) is 30.6 Å². The standard InChI is InChI=1S/C22H33ClN2O5S/c1-6-18(14-24(5)31(29,30)22(2,3)4)25-19(15-7-10-17(23)11-8-15)12-9-16(21(25)28)13-20(26)27/h7-8,10-11,16,18-19H,6,9,12-14H2,1-5H3,(H,26,27)/t16?,18?,19-/m0/s1. The number of amides is 1. The molecule has 1 heterocycles. The number of piperidine rings is 1. The van der Waals surface area contributed by atoms with E-state index in [0.717, 1.165) is 5.56 Å². The lowest BCUT2D eigenvalue weighted by Crippen LogP contribution is -2.54. The van der Waals surface area contributed by atoms with Crippen LogP contribution in [0.5, 0.6) is 0 Å². The van der Waals surface area contributed by atoms with Gasteiger partial charge in [0.2, 0.25) is 15.9 Å². The fourth-order valence-electron chi connectivity index (χ4n) is 4.11. The van der Waals surface area contributed by atoms with Crippen LogP contribution in [0.2, 0.25) is 5.02 Å². The van der Waals surface area contributed by atoms with Gasteiger partial charge in [-0.05, 0) is 57.7 Å². The lowest BCUT2D eigenvalue weighted by Gasteiger charge is -2.45. The van der Waals surface area contributed by atoms with Crippen LogP contribution in [-0.4, -0.2) is 59.0 Å². The van der Waals surface area contributed by atoms with Gasteiger partial charge < -0.3 is 10.0 Å². The Hall–Kier alpha value is -1.64. The number of hydrogen-bond donors (Lipinski definition) is 1. The molecule has 174 valence electrons. The number of carboxylic acids is 1. The predicted octanol–water partition coefficient (Wildman–Crippen LogP) is 3.93. The topological polar surface area (TPSA) is 95.0 Å². The molecule has 2 rings (SSSR count). The third kappa shape index (κ3) is 5.79. The summed E-state index contributed by atoms with van der Waals surface area (Å²) in [6.45, 7) is 6.99. The van der Waals surface area contributed by atoms with Gasteiger partial charge in [-0.1, -0.05) is 30.7 Å². The van der Waals surface area contributed by atoms with Gasteiger partial charge in [-0.3, -0.25) is 9.59 Å². The molecule has 9 heteroatoms. The van der Waals surface area contributed by atoms with Crippen LogP contribution in [-0.2, 0) is 19.6 Å². The van der Waals surface area contributed by atoms with E-state index >= 15 is 0 Å². The summed E-state index contributed by atoms with van der Waals surface area (Å²) in [6.07, 6.45) is 1.40. The van der Waals surface area contributed by atoms with Gasteiger partial charge in [-0.25, -0.2) is 12.7 Å². The van der Waals surface area contributed by atoms with Crippen molar-refractivity contribution in [1.29, 1.82) is 0 Å². The van der Waals surface area contributed by atoms with Crippen molar-refractivity contribution in [2.24, 2.45) is 5.92 Å². The SMILES string of the molecule is CCC(CN(C)S(=O)(=O)C(C)(C)C)N1C(=O)C(CC(=O)O)CC[C@H]1c1ccc(Cl)cc1. The highest BCUT2D eigenvalue weighted by molar-refractivity contribution is 7.90. The number of nitrogens with zero attached hydrogens (tertiary/aromatic N) is 2. The third-order valence-corrected chi connectivity index (χ3v) is 8.69. The maximum atomic E-state index is 13.4. The van der Waals surface area contributed by atoms with Gasteiger partial charge >= 0.3 is 5.97 Å². The Morgan fingerprint density at radius 3 is 2.32 bits per heavy atom. The van der Waals surface area contributed by atoms with Crippen LogP contribution in [0.3, 0.4) is 0 Å². The second kappa shape index (κ2) is 9.88. The molecule has 2 unspecified atom stereocenters. The second-order valence-corrected chi connectivity index (χ2v) is 12.4. The van der Waals surface area contributed by atoms with E-state index in [2.05, 4.69) is 0 Å². The maximum Gasteiger partial charge on any atom is 0.304 e. The van der Waals surface area contributed by atoms with Gasteiger partial charge in [-0.15, -0.1) is 0 Å². The highest BCUT2D eigenvalue weighted by Crippen LogP contribution is 2.38. The van der Waals surface area contributed by atoms with Crippen molar-refractivity contribution in [3.63, 3.8) is 0 Å². The number of carbonyl (C=O) groups is 2. The zero-order valence-corrected chi connectivity index (χ0v) is 20.4. The van der Waals surface area contributed by atoms with Gasteiger partial charge in [0.25, 0.3) is 0 Å². The first kappa shape index (κ1) is 25.6.